The molecule has 4 nitrogen and oxygen atoms in total. The van der Waals surface area contributed by atoms with Crippen molar-refractivity contribution >= 4 is 21.6 Å². The Morgan fingerprint density at radius 3 is 2.86 bits per heavy atom. The van der Waals surface area contributed by atoms with Crippen LogP contribution in [0.4, 0.5) is 0 Å². The van der Waals surface area contributed by atoms with Gasteiger partial charge in [0.05, 0.1) is 19.0 Å². The van der Waals surface area contributed by atoms with E-state index in [9.17, 15) is 8.42 Å². The molecule has 0 spiro atoms. The summed E-state index contributed by atoms with van der Waals surface area (Å²) in [5.74, 6) is 0.527. The smallest absolute Gasteiger partial charge is 0.214 e. The first-order valence-electron chi connectivity index (χ1n) is 4.71. The van der Waals surface area contributed by atoms with Crippen LogP contribution in [0.2, 0.25) is 0 Å². The van der Waals surface area contributed by atoms with Gasteiger partial charge in [0.2, 0.25) is 10.0 Å². The van der Waals surface area contributed by atoms with Gasteiger partial charge >= 0.3 is 0 Å². The Balaban J connectivity index is 2.60. The quantitative estimate of drug-likeness (QED) is 0.680. The van der Waals surface area contributed by atoms with E-state index in [1.807, 2.05) is 6.92 Å². The van der Waals surface area contributed by atoms with E-state index < -0.39 is 10.0 Å². The summed E-state index contributed by atoms with van der Waals surface area (Å²) >= 11 is 5.48. The van der Waals surface area contributed by atoms with Crippen LogP contribution in [0.3, 0.4) is 0 Å². The van der Waals surface area contributed by atoms with Crippen LogP contribution in [-0.2, 0) is 14.8 Å². The molecule has 14 heavy (non-hydrogen) atoms. The molecule has 1 aliphatic heterocycles. The second-order valence-corrected chi connectivity index (χ2v) is 5.81. The Hall–Kier alpha value is 0.160. The van der Waals surface area contributed by atoms with E-state index >= 15 is 0 Å². The average Bonchev–Trinajstić information content (AvgIpc) is 2.15. The van der Waals surface area contributed by atoms with E-state index in [1.54, 1.807) is 0 Å². The Labute approximate surface area is 90.2 Å². The van der Waals surface area contributed by atoms with Crippen molar-refractivity contribution in [2.75, 3.05) is 31.4 Å². The fourth-order valence-corrected chi connectivity index (χ4v) is 3.48. The molecule has 0 aromatic rings. The molecule has 1 heterocycles. The maximum atomic E-state index is 11.8. The van der Waals surface area contributed by atoms with Crippen LogP contribution < -0.4 is 0 Å². The van der Waals surface area contributed by atoms with Gasteiger partial charge in [0, 0.05) is 18.5 Å². The lowest BCUT2D eigenvalue weighted by molar-refractivity contribution is 0.0393. The number of halogens is 1. The third-order valence-electron chi connectivity index (χ3n) is 2.20. The Kier molecular flexibility index (Phi) is 4.63. The molecule has 6 heteroatoms. The molecule has 0 saturated carbocycles. The highest BCUT2D eigenvalue weighted by Gasteiger charge is 2.29. The van der Waals surface area contributed by atoms with E-state index in [4.69, 9.17) is 16.3 Å². The lowest BCUT2D eigenvalue weighted by Crippen LogP contribution is -2.47. The van der Waals surface area contributed by atoms with E-state index in [0.717, 1.165) is 0 Å². The molecule has 1 rings (SSSR count). The number of hydrogen-bond donors (Lipinski definition) is 0. The van der Waals surface area contributed by atoms with Crippen molar-refractivity contribution in [2.45, 2.75) is 19.4 Å². The predicted octanol–water partition coefficient (Wildman–Crippen LogP) is 0.666. The van der Waals surface area contributed by atoms with E-state index in [2.05, 4.69) is 0 Å². The van der Waals surface area contributed by atoms with Gasteiger partial charge in [-0.1, -0.05) is 0 Å². The highest BCUT2D eigenvalue weighted by Crippen LogP contribution is 2.13. The van der Waals surface area contributed by atoms with Crippen molar-refractivity contribution in [2.24, 2.45) is 0 Å². The van der Waals surface area contributed by atoms with Gasteiger partial charge in [-0.2, -0.15) is 4.31 Å². The fourth-order valence-electron chi connectivity index (χ4n) is 1.48. The second kappa shape index (κ2) is 5.30. The average molecular weight is 242 g/mol. The van der Waals surface area contributed by atoms with Crippen molar-refractivity contribution in [3.8, 4) is 0 Å². The molecule has 0 bridgehead atoms. The van der Waals surface area contributed by atoms with Gasteiger partial charge in [-0.15, -0.1) is 11.6 Å². The van der Waals surface area contributed by atoms with Gasteiger partial charge in [0.15, 0.2) is 0 Å². The Bertz CT molecular complexity index is 268. The van der Waals surface area contributed by atoms with Gasteiger partial charge < -0.3 is 4.74 Å². The van der Waals surface area contributed by atoms with Gasteiger partial charge in [-0.3, -0.25) is 0 Å². The van der Waals surface area contributed by atoms with Gasteiger partial charge in [0.1, 0.15) is 0 Å². The zero-order valence-corrected chi connectivity index (χ0v) is 9.85. The number of sulfonamides is 1. The number of nitrogens with zero attached hydrogens (tertiary/aromatic N) is 1. The van der Waals surface area contributed by atoms with Crippen molar-refractivity contribution < 1.29 is 13.2 Å². The molecule has 0 N–H and O–H groups in total. The summed E-state index contributed by atoms with van der Waals surface area (Å²) in [6.07, 6.45) is 0.508. The number of ether oxygens (including phenoxy) is 1. The van der Waals surface area contributed by atoms with Crippen LogP contribution in [0, 0.1) is 0 Å². The maximum absolute atomic E-state index is 11.8. The molecule has 1 unspecified atom stereocenters. The van der Waals surface area contributed by atoms with Crippen molar-refractivity contribution in [1.82, 2.24) is 4.31 Å². The first-order valence-corrected chi connectivity index (χ1v) is 6.85. The lowest BCUT2D eigenvalue weighted by Gasteiger charge is -2.32. The first-order chi connectivity index (χ1) is 6.58. The van der Waals surface area contributed by atoms with E-state index in [-0.39, 0.29) is 11.8 Å². The third-order valence-corrected chi connectivity index (χ3v) is 4.53. The standard InChI is InChI=1S/C8H16ClNO3S/c1-8-7-13-5-4-10(8)14(11,12)6-2-3-9/h8H,2-7H2,1H3. The molecule has 0 aliphatic carbocycles. The molecule has 1 atom stereocenters. The van der Waals surface area contributed by atoms with Crippen LogP contribution in [0.1, 0.15) is 13.3 Å². The summed E-state index contributed by atoms with van der Waals surface area (Å²) in [7, 11) is -3.13. The lowest BCUT2D eigenvalue weighted by atomic mass is 10.3. The summed E-state index contributed by atoms with van der Waals surface area (Å²) in [6.45, 7) is 3.30. The summed E-state index contributed by atoms with van der Waals surface area (Å²) in [6, 6.07) is -0.0518. The molecule has 84 valence electrons. The minimum absolute atomic E-state index is 0.0518. The number of morpholine rings is 1. The molecule has 0 aromatic heterocycles. The van der Waals surface area contributed by atoms with E-state index in [0.29, 0.717) is 32.1 Å². The van der Waals surface area contributed by atoms with Crippen molar-refractivity contribution in [3.63, 3.8) is 0 Å². The van der Waals surface area contributed by atoms with Crippen LogP contribution in [-0.4, -0.2) is 50.2 Å². The summed E-state index contributed by atoms with van der Waals surface area (Å²) in [4.78, 5) is 0. The summed E-state index contributed by atoms with van der Waals surface area (Å²) in [5.41, 5.74) is 0. The topological polar surface area (TPSA) is 46.6 Å². The van der Waals surface area contributed by atoms with Gasteiger partial charge in [-0.05, 0) is 13.3 Å². The number of rotatable bonds is 4. The van der Waals surface area contributed by atoms with Crippen LogP contribution in [0.25, 0.3) is 0 Å². The molecule has 1 saturated heterocycles. The monoisotopic (exact) mass is 241 g/mol. The fraction of sp³-hybridized carbons (Fsp3) is 1.00. The summed E-state index contributed by atoms with van der Waals surface area (Å²) in [5, 5.41) is 0. The SMILES string of the molecule is CC1COCCN1S(=O)(=O)CCCCl. The molecule has 0 radical (unpaired) electrons. The molecule has 0 amide bonds. The molecular formula is C8H16ClNO3S. The minimum atomic E-state index is -3.13. The zero-order chi connectivity index (χ0) is 10.6. The normalized spacial score (nSPS) is 25.1. The minimum Gasteiger partial charge on any atom is -0.378 e. The van der Waals surface area contributed by atoms with Gasteiger partial charge in [0.25, 0.3) is 0 Å². The second-order valence-electron chi connectivity index (χ2n) is 3.39. The molecule has 1 aliphatic rings. The maximum Gasteiger partial charge on any atom is 0.214 e. The zero-order valence-electron chi connectivity index (χ0n) is 8.28. The number of hydrogen-bond acceptors (Lipinski definition) is 3. The Morgan fingerprint density at radius 2 is 2.29 bits per heavy atom. The van der Waals surface area contributed by atoms with Crippen LogP contribution in [0.15, 0.2) is 0 Å². The van der Waals surface area contributed by atoms with Crippen LogP contribution in [0.5, 0.6) is 0 Å². The molecule has 1 fully saturated rings. The summed E-state index contributed by atoms with van der Waals surface area (Å²) < 4.78 is 30.2. The largest absolute Gasteiger partial charge is 0.378 e. The van der Waals surface area contributed by atoms with E-state index in [1.165, 1.54) is 4.31 Å². The van der Waals surface area contributed by atoms with Crippen molar-refractivity contribution in [1.29, 1.82) is 0 Å². The van der Waals surface area contributed by atoms with Crippen LogP contribution >= 0.6 is 11.6 Å². The Morgan fingerprint density at radius 1 is 1.57 bits per heavy atom. The third kappa shape index (κ3) is 3.08. The van der Waals surface area contributed by atoms with Gasteiger partial charge in [-0.25, -0.2) is 8.42 Å². The highest BCUT2D eigenvalue weighted by molar-refractivity contribution is 7.89. The number of alkyl halides is 1. The highest BCUT2D eigenvalue weighted by atomic mass is 35.5. The predicted molar refractivity (Wildman–Crippen MR) is 56.1 cm³/mol. The molecule has 0 aromatic carbocycles. The van der Waals surface area contributed by atoms with Crippen molar-refractivity contribution in [3.05, 3.63) is 0 Å². The first kappa shape index (κ1) is 12.2. The molecular weight excluding hydrogens is 226 g/mol.